The normalized spacial score (nSPS) is 24.1. The number of hydrogen-bond donors (Lipinski definition) is 2. The van der Waals surface area contributed by atoms with Crippen LogP contribution in [0.3, 0.4) is 0 Å². The predicted octanol–water partition coefficient (Wildman–Crippen LogP) is 2.89. The molecule has 90 valence electrons. The lowest BCUT2D eigenvalue weighted by atomic mass is 9.91. The molecule has 1 aliphatic carbocycles. The van der Waals surface area contributed by atoms with E-state index in [2.05, 4.69) is 11.4 Å². The Morgan fingerprint density at radius 3 is 2.65 bits per heavy atom. The van der Waals surface area contributed by atoms with Crippen LogP contribution in [0.5, 0.6) is 0 Å². The molecule has 17 heavy (non-hydrogen) atoms. The molecule has 0 bridgehead atoms. The first-order valence-corrected chi connectivity index (χ1v) is 6.28. The Labute approximate surface area is 107 Å². The molecule has 1 aliphatic rings. The van der Waals surface area contributed by atoms with E-state index in [-0.39, 0.29) is 0 Å². The quantitative estimate of drug-likeness (QED) is 0.847. The molecule has 2 rings (SSSR count). The zero-order valence-corrected chi connectivity index (χ0v) is 10.4. The first kappa shape index (κ1) is 12.2. The highest BCUT2D eigenvalue weighted by molar-refractivity contribution is 6.30. The summed E-state index contributed by atoms with van der Waals surface area (Å²) in [6, 6.07) is 8.22. The third kappa shape index (κ3) is 3.12. The van der Waals surface area contributed by atoms with Gasteiger partial charge in [-0.1, -0.05) is 11.6 Å². The second kappa shape index (κ2) is 5.39. The van der Waals surface area contributed by atoms with Gasteiger partial charge in [-0.15, -0.1) is 0 Å². The van der Waals surface area contributed by atoms with Crippen molar-refractivity contribution < 1.29 is 0 Å². The van der Waals surface area contributed by atoms with Gasteiger partial charge in [0, 0.05) is 17.1 Å². The van der Waals surface area contributed by atoms with Crippen molar-refractivity contribution in [1.82, 2.24) is 0 Å². The summed E-state index contributed by atoms with van der Waals surface area (Å²) < 4.78 is 0. The number of hydrogen-bond acceptors (Lipinski definition) is 3. The Balaban J connectivity index is 2.08. The molecule has 0 saturated heterocycles. The minimum Gasteiger partial charge on any atom is -0.381 e. The van der Waals surface area contributed by atoms with Gasteiger partial charge >= 0.3 is 0 Å². The molecule has 3 nitrogen and oxygen atoms in total. The van der Waals surface area contributed by atoms with E-state index in [4.69, 9.17) is 22.6 Å². The lowest BCUT2D eigenvalue weighted by Gasteiger charge is -2.28. The Morgan fingerprint density at radius 2 is 2.00 bits per heavy atom. The van der Waals surface area contributed by atoms with Gasteiger partial charge in [0.25, 0.3) is 0 Å². The average Bonchev–Trinajstić information content (AvgIpc) is 2.32. The van der Waals surface area contributed by atoms with E-state index < -0.39 is 0 Å². The van der Waals surface area contributed by atoms with Crippen LogP contribution in [0.15, 0.2) is 18.2 Å². The number of nitrogens with two attached hydrogens (primary N) is 1. The predicted molar refractivity (Wildman–Crippen MR) is 70.0 cm³/mol. The van der Waals surface area contributed by atoms with Crippen molar-refractivity contribution in [3.05, 3.63) is 28.8 Å². The maximum Gasteiger partial charge on any atom is 0.101 e. The van der Waals surface area contributed by atoms with Gasteiger partial charge in [0.1, 0.15) is 6.07 Å². The van der Waals surface area contributed by atoms with Crippen LogP contribution >= 0.6 is 11.6 Å². The zero-order chi connectivity index (χ0) is 12.3. The zero-order valence-electron chi connectivity index (χ0n) is 9.62. The van der Waals surface area contributed by atoms with Crippen LogP contribution in [0.1, 0.15) is 31.2 Å². The molecular weight excluding hydrogens is 234 g/mol. The van der Waals surface area contributed by atoms with Crippen LogP contribution < -0.4 is 11.1 Å². The Kier molecular flexibility index (Phi) is 3.88. The molecule has 4 heteroatoms. The number of nitrogens with one attached hydrogen (secondary N) is 1. The number of nitrogens with zero attached hydrogens (tertiary/aromatic N) is 1. The van der Waals surface area contributed by atoms with Crippen LogP contribution in [-0.2, 0) is 0 Å². The molecule has 0 radical (unpaired) electrons. The monoisotopic (exact) mass is 249 g/mol. The Morgan fingerprint density at radius 1 is 1.29 bits per heavy atom. The summed E-state index contributed by atoms with van der Waals surface area (Å²) in [5, 5.41) is 13.1. The van der Waals surface area contributed by atoms with E-state index in [1.165, 1.54) is 0 Å². The molecule has 3 N–H and O–H groups in total. The van der Waals surface area contributed by atoms with Gasteiger partial charge < -0.3 is 11.1 Å². The highest BCUT2D eigenvalue weighted by Crippen LogP contribution is 2.25. The highest BCUT2D eigenvalue weighted by Gasteiger charge is 2.19. The maximum atomic E-state index is 9.03. The second-order valence-electron chi connectivity index (χ2n) is 4.56. The molecule has 0 atom stereocenters. The summed E-state index contributed by atoms with van der Waals surface area (Å²) in [6.45, 7) is 0. The van der Waals surface area contributed by atoms with Crippen molar-refractivity contribution in [1.29, 1.82) is 5.26 Å². The lowest BCUT2D eigenvalue weighted by Crippen LogP contribution is -2.32. The Bertz CT molecular complexity index is 431. The maximum absolute atomic E-state index is 9.03. The van der Waals surface area contributed by atoms with Crippen molar-refractivity contribution in [3.63, 3.8) is 0 Å². The molecule has 1 aromatic rings. The van der Waals surface area contributed by atoms with Gasteiger partial charge in [0.2, 0.25) is 0 Å². The molecule has 0 aromatic heterocycles. The van der Waals surface area contributed by atoms with Crippen molar-refractivity contribution in [2.45, 2.75) is 37.8 Å². The highest BCUT2D eigenvalue weighted by atomic mass is 35.5. The van der Waals surface area contributed by atoms with Crippen molar-refractivity contribution >= 4 is 17.3 Å². The summed E-state index contributed by atoms with van der Waals surface area (Å²) in [6.07, 6.45) is 4.19. The number of benzene rings is 1. The molecule has 1 fully saturated rings. The number of anilines is 1. The standard InChI is InChI=1S/C13H16ClN3/c14-10-2-1-9(8-15)13(7-10)17-12-5-3-11(16)4-6-12/h1-2,7,11-12,17H,3-6,16H2. The average molecular weight is 250 g/mol. The van der Waals surface area contributed by atoms with Gasteiger partial charge in [-0.3, -0.25) is 0 Å². The fourth-order valence-corrected chi connectivity index (χ4v) is 2.39. The van der Waals surface area contributed by atoms with E-state index in [0.29, 0.717) is 22.7 Å². The van der Waals surface area contributed by atoms with Gasteiger partial charge in [-0.05, 0) is 43.9 Å². The third-order valence-corrected chi connectivity index (χ3v) is 3.47. The third-order valence-electron chi connectivity index (χ3n) is 3.23. The molecule has 0 unspecified atom stereocenters. The van der Waals surface area contributed by atoms with Gasteiger partial charge in [0.05, 0.1) is 11.3 Å². The van der Waals surface area contributed by atoms with E-state index >= 15 is 0 Å². The fourth-order valence-electron chi connectivity index (χ4n) is 2.22. The number of rotatable bonds is 2. The SMILES string of the molecule is N#Cc1ccc(Cl)cc1NC1CCC(N)CC1. The summed E-state index contributed by atoms with van der Waals surface area (Å²) in [5.41, 5.74) is 7.35. The van der Waals surface area contributed by atoms with Crippen molar-refractivity contribution in [3.8, 4) is 6.07 Å². The first-order chi connectivity index (χ1) is 8.19. The van der Waals surface area contributed by atoms with Crippen molar-refractivity contribution in [2.75, 3.05) is 5.32 Å². The molecule has 0 amide bonds. The van der Waals surface area contributed by atoms with Crippen LogP contribution in [0.25, 0.3) is 0 Å². The minimum atomic E-state index is 0.336. The molecule has 0 aliphatic heterocycles. The summed E-state index contributed by atoms with van der Waals surface area (Å²) >= 11 is 5.95. The molecule has 0 spiro atoms. The van der Waals surface area contributed by atoms with Gasteiger partial charge in [-0.2, -0.15) is 5.26 Å². The van der Waals surface area contributed by atoms with Crippen LogP contribution in [0.4, 0.5) is 5.69 Å². The smallest absolute Gasteiger partial charge is 0.101 e. The molecular formula is C13H16ClN3. The van der Waals surface area contributed by atoms with E-state index in [0.717, 1.165) is 31.4 Å². The molecule has 1 saturated carbocycles. The molecule has 0 heterocycles. The summed E-state index contributed by atoms with van der Waals surface area (Å²) in [4.78, 5) is 0. The van der Waals surface area contributed by atoms with Crippen molar-refractivity contribution in [2.24, 2.45) is 5.73 Å². The number of halogens is 1. The topological polar surface area (TPSA) is 61.8 Å². The van der Waals surface area contributed by atoms with Crippen LogP contribution in [-0.4, -0.2) is 12.1 Å². The number of nitriles is 1. The minimum absolute atomic E-state index is 0.336. The largest absolute Gasteiger partial charge is 0.381 e. The molecule has 1 aromatic carbocycles. The van der Waals surface area contributed by atoms with Gasteiger partial charge in [0.15, 0.2) is 0 Å². The van der Waals surface area contributed by atoms with Crippen LogP contribution in [0.2, 0.25) is 5.02 Å². The summed E-state index contributed by atoms with van der Waals surface area (Å²) in [5.74, 6) is 0. The second-order valence-corrected chi connectivity index (χ2v) is 4.99. The first-order valence-electron chi connectivity index (χ1n) is 5.91. The van der Waals surface area contributed by atoms with E-state index in [9.17, 15) is 0 Å². The van der Waals surface area contributed by atoms with Crippen LogP contribution in [0, 0.1) is 11.3 Å². The van der Waals surface area contributed by atoms with E-state index in [1.54, 1.807) is 12.1 Å². The summed E-state index contributed by atoms with van der Waals surface area (Å²) in [7, 11) is 0. The van der Waals surface area contributed by atoms with E-state index in [1.807, 2.05) is 6.07 Å². The lowest BCUT2D eigenvalue weighted by molar-refractivity contribution is 0.411. The van der Waals surface area contributed by atoms with Gasteiger partial charge in [-0.25, -0.2) is 0 Å². The Hall–Kier alpha value is -1.24. The fraction of sp³-hybridized carbons (Fsp3) is 0.462.